The first-order valence-electron chi connectivity index (χ1n) is 10.7. The Labute approximate surface area is 190 Å². The highest BCUT2D eigenvalue weighted by atomic mass is 28.5. The minimum atomic E-state index is -4.19. The minimum Gasteiger partial charge on any atom is -0.632 e. The molecular formula is C18H43AlO9Si2-. The molecule has 0 unspecified atom stereocenters. The first kappa shape index (κ1) is 30.6. The number of hydrogen-bond acceptors (Lipinski definition) is 9. The van der Waals surface area contributed by atoms with Crippen LogP contribution in [-0.2, 0) is 32.9 Å². The van der Waals surface area contributed by atoms with Crippen LogP contribution in [0.3, 0.4) is 0 Å². The summed E-state index contributed by atoms with van der Waals surface area (Å²) in [5.41, 5.74) is 0. The Morgan fingerprint density at radius 2 is 0.867 bits per heavy atom. The molecule has 1 radical (unpaired) electrons. The molecule has 0 aromatic heterocycles. The fourth-order valence-electron chi connectivity index (χ4n) is 2.21. The van der Waals surface area contributed by atoms with Gasteiger partial charge in [-0.25, -0.2) is 0 Å². The Morgan fingerprint density at radius 3 is 1.13 bits per heavy atom. The molecule has 181 valence electrons. The van der Waals surface area contributed by atoms with Gasteiger partial charge in [-0.15, -0.1) is 0 Å². The lowest BCUT2D eigenvalue weighted by Crippen LogP contribution is -2.65. The van der Waals surface area contributed by atoms with Crippen molar-refractivity contribution in [2.75, 3.05) is 0 Å². The Bertz CT molecular complexity index is 435. The van der Waals surface area contributed by atoms with Gasteiger partial charge in [0.05, 0.1) is 0 Å². The summed E-state index contributed by atoms with van der Waals surface area (Å²) < 4.78 is 47.6. The summed E-state index contributed by atoms with van der Waals surface area (Å²) in [7, 11) is -8.21. The average molecular weight is 487 g/mol. The molecule has 0 rings (SSSR count). The van der Waals surface area contributed by atoms with Crippen LogP contribution in [0.1, 0.15) is 83.1 Å². The first-order valence-corrected chi connectivity index (χ1v) is 15.4. The summed E-state index contributed by atoms with van der Waals surface area (Å²) >= 11 is -2.77. The van der Waals surface area contributed by atoms with E-state index in [4.69, 9.17) is 32.9 Å². The summed E-state index contributed by atoms with van der Waals surface area (Å²) in [6.45, 7) is 22.0. The third-order valence-corrected chi connectivity index (χ3v) is 11.3. The SMILES string of the molecule is CC(C)[O][Al-]([O]C(C)C)[O][Si](OC(C)C)(OC(C)C)O[Si](O)(OC(C)C)OC(C)C. The zero-order valence-corrected chi connectivity index (χ0v) is 23.9. The van der Waals surface area contributed by atoms with E-state index in [2.05, 4.69) is 0 Å². The maximum atomic E-state index is 11.2. The van der Waals surface area contributed by atoms with Gasteiger partial charge in [0, 0.05) is 24.4 Å². The van der Waals surface area contributed by atoms with Crippen LogP contribution in [-0.4, -0.2) is 74.7 Å². The third-order valence-electron chi connectivity index (χ3n) is 2.79. The maximum absolute atomic E-state index is 11.2. The van der Waals surface area contributed by atoms with Crippen molar-refractivity contribution >= 4 is 33.2 Å². The maximum Gasteiger partial charge on any atom is 0.671 e. The molecule has 0 spiro atoms. The normalized spacial score (nSPS) is 14.0. The van der Waals surface area contributed by atoms with E-state index in [9.17, 15) is 4.80 Å². The lowest BCUT2D eigenvalue weighted by molar-refractivity contribution is -0.0777. The Balaban J connectivity index is 6.13. The van der Waals surface area contributed by atoms with E-state index in [0.29, 0.717) is 0 Å². The van der Waals surface area contributed by atoms with Crippen molar-refractivity contribution < 1.29 is 37.7 Å². The molecule has 0 saturated carbocycles. The summed E-state index contributed by atoms with van der Waals surface area (Å²) in [6.07, 6.45) is -1.62. The van der Waals surface area contributed by atoms with Crippen LogP contribution in [0.5, 0.6) is 0 Å². The molecular weight excluding hydrogens is 443 g/mol. The van der Waals surface area contributed by atoms with Gasteiger partial charge in [0.15, 0.2) is 0 Å². The number of rotatable bonds is 16. The second kappa shape index (κ2) is 14.0. The molecule has 0 aromatic carbocycles. The summed E-state index contributed by atoms with van der Waals surface area (Å²) in [5.74, 6) is 0. The summed E-state index contributed by atoms with van der Waals surface area (Å²) in [4.78, 5) is 11.2. The molecule has 0 saturated heterocycles. The third kappa shape index (κ3) is 13.9. The lowest BCUT2D eigenvalue weighted by atomic mass is 10.5. The fourth-order valence-corrected chi connectivity index (χ4v) is 10.1. The van der Waals surface area contributed by atoms with Gasteiger partial charge in [-0.3, -0.25) is 0 Å². The molecule has 0 fully saturated rings. The predicted molar refractivity (Wildman–Crippen MR) is 119 cm³/mol. The van der Waals surface area contributed by atoms with Crippen LogP contribution in [0.25, 0.3) is 0 Å². The van der Waals surface area contributed by atoms with E-state index in [1.807, 2.05) is 55.4 Å². The summed E-state index contributed by atoms with van der Waals surface area (Å²) in [5, 5.41) is 0. The topological polar surface area (TPSA) is 94.1 Å². The van der Waals surface area contributed by atoms with E-state index >= 15 is 0 Å². The molecule has 0 aliphatic heterocycles. The van der Waals surface area contributed by atoms with Gasteiger partial charge in [-0.2, -0.15) is 0 Å². The molecule has 0 amide bonds. The first-order chi connectivity index (χ1) is 13.6. The van der Waals surface area contributed by atoms with Crippen LogP contribution in [0.15, 0.2) is 0 Å². The van der Waals surface area contributed by atoms with Crippen molar-refractivity contribution in [1.82, 2.24) is 0 Å². The van der Waals surface area contributed by atoms with Crippen LogP contribution in [0.4, 0.5) is 0 Å². The van der Waals surface area contributed by atoms with Gasteiger partial charge >= 0.3 is 33.2 Å². The quantitative estimate of drug-likeness (QED) is 0.329. The fraction of sp³-hybridized carbons (Fsp3) is 1.00. The van der Waals surface area contributed by atoms with Crippen molar-refractivity contribution in [3.05, 3.63) is 0 Å². The zero-order chi connectivity index (χ0) is 23.7. The van der Waals surface area contributed by atoms with Gasteiger partial charge in [-0.1, -0.05) is 0 Å². The van der Waals surface area contributed by atoms with Crippen LogP contribution in [0, 0.1) is 0 Å². The monoisotopic (exact) mass is 486 g/mol. The van der Waals surface area contributed by atoms with Crippen molar-refractivity contribution in [3.8, 4) is 0 Å². The van der Waals surface area contributed by atoms with Gasteiger partial charge < -0.3 is 37.7 Å². The van der Waals surface area contributed by atoms with Gasteiger partial charge in [0.2, 0.25) is 0 Å². The highest BCUT2D eigenvalue weighted by Crippen LogP contribution is 2.26. The van der Waals surface area contributed by atoms with Crippen molar-refractivity contribution in [3.63, 3.8) is 0 Å². The second-order valence-corrected chi connectivity index (χ2v) is 14.4. The Morgan fingerprint density at radius 1 is 0.533 bits per heavy atom. The zero-order valence-electron chi connectivity index (χ0n) is 20.8. The largest absolute Gasteiger partial charge is 0.671 e. The lowest BCUT2D eigenvalue weighted by Gasteiger charge is -2.44. The van der Waals surface area contributed by atoms with E-state index in [1.54, 1.807) is 27.7 Å². The Kier molecular flexibility index (Phi) is 14.3. The molecule has 0 heterocycles. The second-order valence-electron chi connectivity index (χ2n) is 8.57. The summed E-state index contributed by atoms with van der Waals surface area (Å²) in [6, 6.07) is 0. The Hall–Kier alpha value is 0.606. The van der Waals surface area contributed by atoms with Crippen LogP contribution in [0.2, 0.25) is 0 Å². The molecule has 0 aliphatic carbocycles. The molecule has 12 heteroatoms. The highest BCUT2D eigenvalue weighted by molar-refractivity contribution is 6.71. The highest BCUT2D eigenvalue weighted by Gasteiger charge is 2.58. The van der Waals surface area contributed by atoms with Gasteiger partial charge in [0.1, 0.15) is 0 Å². The minimum absolute atomic E-state index is 0.139. The molecule has 9 nitrogen and oxygen atoms in total. The smallest absolute Gasteiger partial charge is 0.632 e. The van der Waals surface area contributed by atoms with E-state index in [1.165, 1.54) is 0 Å². The molecule has 0 aliphatic rings. The number of hydrogen-bond donors (Lipinski definition) is 1. The molecule has 30 heavy (non-hydrogen) atoms. The van der Waals surface area contributed by atoms with Crippen molar-refractivity contribution in [2.24, 2.45) is 0 Å². The molecule has 0 bridgehead atoms. The predicted octanol–water partition coefficient (Wildman–Crippen LogP) is 3.42. The van der Waals surface area contributed by atoms with E-state index in [-0.39, 0.29) is 36.6 Å². The molecule has 1 N–H and O–H groups in total. The standard InChI is InChI=1S/C12H29O7Si2.2C3H7O.Al/c1-9(2)15-20(13,16-10(3)4)19-21(14,17-11(5)6)18-12(7)8;2*1-3(2)4;/h9-13H,1-8H3;2*3H,1-2H3;/q3*-1;+2. The van der Waals surface area contributed by atoms with Crippen molar-refractivity contribution in [2.45, 2.75) is 120 Å². The average Bonchev–Trinajstić information content (AvgIpc) is 2.40. The van der Waals surface area contributed by atoms with Gasteiger partial charge in [0.25, 0.3) is 0 Å². The van der Waals surface area contributed by atoms with Gasteiger partial charge in [-0.05, 0) is 95.3 Å². The van der Waals surface area contributed by atoms with Crippen LogP contribution >= 0.6 is 0 Å². The molecule has 0 aromatic rings. The van der Waals surface area contributed by atoms with Crippen LogP contribution < -0.4 is 0 Å². The van der Waals surface area contributed by atoms with E-state index < -0.39 is 33.2 Å². The molecule has 0 atom stereocenters. The van der Waals surface area contributed by atoms with E-state index in [0.717, 1.165) is 0 Å². The van der Waals surface area contributed by atoms with Crippen molar-refractivity contribution in [1.29, 1.82) is 0 Å².